The van der Waals surface area contributed by atoms with Gasteiger partial charge in [-0.3, -0.25) is 14.5 Å². The van der Waals surface area contributed by atoms with Gasteiger partial charge in [-0.15, -0.1) is 46.2 Å². The number of amides is 2. The van der Waals surface area contributed by atoms with Crippen molar-refractivity contribution >= 4 is 92.7 Å². The number of rotatable bonds is 12. The maximum Gasteiger partial charge on any atom is 0.420 e. The lowest BCUT2D eigenvalue weighted by molar-refractivity contribution is -0.138. The van der Waals surface area contributed by atoms with Crippen LogP contribution in [-0.4, -0.2) is 141 Å². The van der Waals surface area contributed by atoms with Gasteiger partial charge in [-0.1, -0.05) is 0 Å². The molecule has 10 fully saturated rings. The minimum absolute atomic E-state index is 0.0819. The molecule has 12 heterocycles. The van der Waals surface area contributed by atoms with Crippen LogP contribution in [0.1, 0.15) is 118 Å². The molecule has 4 aliphatic carbocycles. The SMILES string of the molecule is CN1C2CC1CN(c1ccc(Nc3ncc(C(F)(F)F)c(-c4cc5c(s4)C(=O)N(C4CC4)CCS5)n3)c(C3CC3)c1)C2.O=C1c2sc(-c3nc(Nc4ccc(N5CC6CC(C5)N6)cc4C4CC4)ncc3C(F)(F)F)cc2SCCN1C1CC1. The summed E-state index contributed by atoms with van der Waals surface area (Å²) in [5, 5.41) is 10.1. The molecule has 2 aromatic carbocycles. The summed E-state index contributed by atoms with van der Waals surface area (Å²) in [6.45, 7) is 5.33. The third-order valence-corrected chi connectivity index (χ3v) is 22.5. The summed E-state index contributed by atoms with van der Waals surface area (Å²) in [6.07, 6.45) is 3.29. The molecule has 14 nitrogen and oxygen atoms in total. The predicted molar refractivity (Wildman–Crippen MR) is 313 cm³/mol. The lowest BCUT2D eigenvalue weighted by Crippen LogP contribution is -2.67. The number of piperazine rings is 2. The fourth-order valence-corrected chi connectivity index (χ4v) is 17.4. The molecule has 24 heteroatoms. The average Bonchev–Trinajstić information content (AvgIpc) is 4.41. The van der Waals surface area contributed by atoms with Crippen molar-refractivity contribution in [2.75, 3.05) is 78.3 Å². The number of thioether (sulfide) groups is 2. The van der Waals surface area contributed by atoms with Crippen molar-refractivity contribution in [3.05, 3.63) is 92.9 Å². The third kappa shape index (κ3) is 10.7. The van der Waals surface area contributed by atoms with Crippen molar-refractivity contribution in [3.63, 3.8) is 0 Å². The van der Waals surface area contributed by atoms with Gasteiger partial charge in [0.2, 0.25) is 11.9 Å². The molecular formula is C59H60F6N12O2S4. The van der Waals surface area contributed by atoms with E-state index in [0.717, 1.165) is 156 Å². The van der Waals surface area contributed by atoms with Crippen molar-refractivity contribution < 1.29 is 35.9 Å². The van der Waals surface area contributed by atoms with Crippen molar-refractivity contribution in [1.82, 2.24) is 40.0 Å². The first kappa shape index (κ1) is 54.0. The van der Waals surface area contributed by atoms with E-state index in [1.165, 1.54) is 47.7 Å². The summed E-state index contributed by atoms with van der Waals surface area (Å²) in [6, 6.07) is 18.9. The van der Waals surface area contributed by atoms with E-state index in [0.29, 0.717) is 68.6 Å². The van der Waals surface area contributed by atoms with Crippen LogP contribution in [-0.2, 0) is 12.4 Å². The maximum atomic E-state index is 14.2. The number of likely N-dealkylation sites (N-methyl/N-ethyl adjacent to an activating group) is 1. The molecule has 2 amide bonds. The number of alkyl halides is 6. The van der Waals surface area contributed by atoms with E-state index in [9.17, 15) is 35.9 Å². The van der Waals surface area contributed by atoms with Gasteiger partial charge < -0.3 is 35.6 Å². The van der Waals surface area contributed by atoms with Gasteiger partial charge in [0.25, 0.3) is 11.8 Å². The summed E-state index contributed by atoms with van der Waals surface area (Å²) in [7, 11) is 2.20. The van der Waals surface area contributed by atoms with E-state index in [-0.39, 0.29) is 47.2 Å². The summed E-state index contributed by atoms with van der Waals surface area (Å²) in [5.41, 5.74) is 4.19. The number of piperidine rings is 2. The van der Waals surface area contributed by atoms with Crippen LogP contribution in [0.3, 0.4) is 0 Å². The Hall–Kier alpha value is -5.66. The third-order valence-electron chi connectivity index (χ3n) is 17.9. The minimum Gasteiger partial charge on any atom is -0.368 e. The number of nitrogens with one attached hydrogen (secondary N) is 3. The zero-order chi connectivity index (χ0) is 56.6. The smallest absolute Gasteiger partial charge is 0.368 e. The Labute approximate surface area is 492 Å². The fraction of sp³-hybridized carbons (Fsp3) is 0.492. The normalized spacial score (nSPS) is 24.2. The van der Waals surface area contributed by atoms with Crippen LogP contribution in [0.5, 0.6) is 0 Å². The molecule has 6 saturated heterocycles. The first-order chi connectivity index (χ1) is 40.0. The number of carbonyl (C=O) groups is 2. The summed E-state index contributed by atoms with van der Waals surface area (Å²) < 4.78 is 84.9. The van der Waals surface area contributed by atoms with Gasteiger partial charge in [0, 0.05) is 132 Å². The highest BCUT2D eigenvalue weighted by Crippen LogP contribution is 2.50. The van der Waals surface area contributed by atoms with Crippen LogP contribution in [0.4, 0.5) is 61.0 Å². The number of benzene rings is 2. The summed E-state index contributed by atoms with van der Waals surface area (Å²) >= 11 is 5.26. The van der Waals surface area contributed by atoms with E-state index in [1.54, 1.807) is 12.1 Å². The Morgan fingerprint density at radius 1 is 0.566 bits per heavy atom. The number of halogens is 6. The Morgan fingerprint density at radius 3 is 1.40 bits per heavy atom. The second-order valence-electron chi connectivity index (χ2n) is 23.8. The van der Waals surface area contributed by atoms with Gasteiger partial charge in [-0.2, -0.15) is 26.3 Å². The minimum atomic E-state index is -4.63. The van der Waals surface area contributed by atoms with Gasteiger partial charge in [-0.25, -0.2) is 19.9 Å². The lowest BCUT2D eigenvalue weighted by atomic mass is 9.88. The number of hydrogen-bond acceptors (Lipinski definition) is 16. The number of fused-ring (bicyclic) bond motifs is 6. The molecule has 8 aliphatic heterocycles. The van der Waals surface area contributed by atoms with Gasteiger partial charge in [0.15, 0.2) is 0 Å². The molecule has 0 spiro atoms. The van der Waals surface area contributed by atoms with E-state index >= 15 is 0 Å². The maximum absolute atomic E-state index is 14.2. The molecule has 3 N–H and O–H groups in total. The Kier molecular flexibility index (Phi) is 13.5. The number of hydrogen-bond donors (Lipinski definition) is 3. The van der Waals surface area contributed by atoms with Crippen LogP contribution in [0.25, 0.3) is 21.1 Å². The molecule has 12 aliphatic rings. The van der Waals surface area contributed by atoms with Crippen molar-refractivity contribution in [2.24, 2.45) is 0 Å². The van der Waals surface area contributed by atoms with E-state index in [2.05, 4.69) is 81.9 Å². The standard InChI is InChI=1S/C30H31F3N6OS2.C29H29F3N6OS2/c1-37-19-10-20(37)15-38(14-19)18-6-7-23(21(11-18)16-2-3-16)35-29-34-13-22(30(31,32)33)26(36-29)24-12-25-27(42-24)28(40)39(8-9-41-25)17-4-5-17;30-29(31,32)21-12-33-28(36-25(21)23-11-24-26(41-23)27(39)38(7-8-40-24)18-3-4-18)35-22-6-5-19(10-20(22)15-1-2-15)37-13-16-9-17(14-37)34-16/h6-7,11-13,16-17,19-20H,2-5,8-10,14-15H2,1H3,(H,34,35,36);5-6,10-12,15-18,34H,1-4,7-9,13-14H2,(H,33,35,36). The fourth-order valence-electron chi connectivity index (χ4n) is 12.8. The topological polar surface area (TPSA) is 138 Å². The first-order valence-electron chi connectivity index (χ1n) is 28.9. The van der Waals surface area contributed by atoms with E-state index in [4.69, 9.17) is 0 Å². The number of thiophene rings is 2. The van der Waals surface area contributed by atoms with E-state index in [1.807, 2.05) is 21.9 Å². The highest BCUT2D eigenvalue weighted by Gasteiger charge is 2.45. The molecule has 4 unspecified atom stereocenters. The second-order valence-corrected chi connectivity index (χ2v) is 28.2. The Bertz CT molecular complexity index is 3530. The predicted octanol–water partition coefficient (Wildman–Crippen LogP) is 12.6. The van der Waals surface area contributed by atoms with Gasteiger partial charge >= 0.3 is 12.4 Å². The molecule has 4 aromatic heterocycles. The molecular weight excluding hydrogens is 1150 g/mol. The number of aromatic nitrogens is 4. The van der Waals surface area contributed by atoms with Crippen LogP contribution in [0.15, 0.2) is 70.7 Å². The van der Waals surface area contributed by atoms with Crippen molar-refractivity contribution in [2.45, 2.75) is 134 Å². The largest absolute Gasteiger partial charge is 0.420 e. The van der Waals surface area contributed by atoms with Crippen LogP contribution >= 0.6 is 46.2 Å². The van der Waals surface area contributed by atoms with Crippen LogP contribution < -0.4 is 25.8 Å². The summed E-state index contributed by atoms with van der Waals surface area (Å²) in [5.74, 6) is 2.38. The van der Waals surface area contributed by atoms with E-state index < -0.39 is 23.5 Å². The van der Waals surface area contributed by atoms with Gasteiger partial charge in [0.05, 0.1) is 21.1 Å². The Balaban J connectivity index is 0.000000142. The average molecular weight is 1210 g/mol. The molecule has 83 heavy (non-hydrogen) atoms. The number of carbonyl (C=O) groups excluding carboxylic acids is 2. The zero-order valence-corrected chi connectivity index (χ0v) is 48.6. The molecule has 6 aromatic rings. The quantitative estimate of drug-likeness (QED) is 0.100. The highest BCUT2D eigenvalue weighted by molar-refractivity contribution is 7.99. The molecule has 434 valence electrons. The highest BCUT2D eigenvalue weighted by atomic mass is 32.2. The molecule has 18 rings (SSSR count). The van der Waals surface area contributed by atoms with Crippen LogP contribution in [0, 0.1) is 0 Å². The van der Waals surface area contributed by atoms with Crippen LogP contribution in [0.2, 0.25) is 0 Å². The number of nitrogens with zero attached hydrogens (tertiary/aromatic N) is 9. The van der Waals surface area contributed by atoms with Gasteiger partial charge in [0.1, 0.15) is 20.9 Å². The molecule has 4 saturated carbocycles. The molecule has 4 bridgehead atoms. The summed E-state index contributed by atoms with van der Waals surface area (Å²) in [4.78, 5) is 57.9. The molecule has 4 atom stereocenters. The monoisotopic (exact) mass is 1210 g/mol. The first-order valence-corrected chi connectivity index (χ1v) is 32.5. The molecule has 0 radical (unpaired) electrons. The lowest BCUT2D eigenvalue weighted by Gasteiger charge is -2.55. The van der Waals surface area contributed by atoms with Gasteiger partial charge in [-0.05, 0) is 143 Å². The number of anilines is 6. The van der Waals surface area contributed by atoms with Crippen molar-refractivity contribution in [1.29, 1.82) is 0 Å². The second kappa shape index (κ2) is 20.8. The van der Waals surface area contributed by atoms with Crippen molar-refractivity contribution in [3.8, 4) is 21.1 Å². The zero-order valence-electron chi connectivity index (χ0n) is 45.4. The Morgan fingerprint density at radius 2 is 1.00 bits per heavy atom.